The number of hydrogen-bond acceptors (Lipinski definition) is 3. The minimum Gasteiger partial charge on any atom is -0.310 e. The first-order valence-electron chi connectivity index (χ1n) is 7.18. The maximum absolute atomic E-state index is 13.4. The molecule has 0 atom stereocenters. The molecule has 0 unspecified atom stereocenters. The fraction of sp³-hybridized carbons (Fsp3) is 0.438. The standard InChI is InChI=1S/C16H20F2N2S/c1-4-5-14-15(9-19-10(2)3)21-16(20-14)11-6-7-12(17)13(18)8-11/h6-8,10,19H,4-5,9H2,1-3H3. The summed E-state index contributed by atoms with van der Waals surface area (Å²) in [6, 6.07) is 4.33. The third-order valence-electron chi connectivity index (χ3n) is 3.10. The topological polar surface area (TPSA) is 24.9 Å². The van der Waals surface area contributed by atoms with Crippen molar-refractivity contribution in [3.63, 3.8) is 0 Å². The van der Waals surface area contributed by atoms with Gasteiger partial charge in [-0.05, 0) is 24.6 Å². The molecule has 0 bridgehead atoms. The zero-order valence-electron chi connectivity index (χ0n) is 12.5. The highest BCUT2D eigenvalue weighted by molar-refractivity contribution is 7.15. The molecule has 0 aliphatic rings. The number of nitrogens with one attached hydrogen (secondary N) is 1. The number of nitrogens with zero attached hydrogens (tertiary/aromatic N) is 1. The smallest absolute Gasteiger partial charge is 0.159 e. The molecule has 0 spiro atoms. The highest BCUT2D eigenvalue weighted by Gasteiger charge is 2.13. The maximum Gasteiger partial charge on any atom is 0.159 e. The van der Waals surface area contributed by atoms with E-state index in [4.69, 9.17) is 0 Å². The number of halogens is 2. The molecule has 2 aromatic rings. The molecular formula is C16H20F2N2S. The Bertz CT molecular complexity index is 608. The average Bonchev–Trinajstić information content (AvgIpc) is 2.83. The van der Waals surface area contributed by atoms with E-state index in [1.165, 1.54) is 10.9 Å². The minimum absolute atomic E-state index is 0.397. The molecule has 1 N–H and O–H groups in total. The number of thiazole rings is 1. The van der Waals surface area contributed by atoms with Gasteiger partial charge in [-0.2, -0.15) is 0 Å². The van der Waals surface area contributed by atoms with Gasteiger partial charge in [0.25, 0.3) is 0 Å². The molecule has 0 saturated carbocycles. The maximum atomic E-state index is 13.4. The summed E-state index contributed by atoms with van der Waals surface area (Å²) in [5.41, 5.74) is 1.68. The molecule has 21 heavy (non-hydrogen) atoms. The number of aryl methyl sites for hydroxylation is 1. The Morgan fingerprint density at radius 3 is 2.62 bits per heavy atom. The molecule has 2 rings (SSSR count). The predicted octanol–water partition coefficient (Wildman–Crippen LogP) is 4.54. The van der Waals surface area contributed by atoms with Crippen LogP contribution in [0, 0.1) is 11.6 Å². The van der Waals surface area contributed by atoms with Crippen molar-refractivity contribution in [2.75, 3.05) is 0 Å². The summed E-state index contributed by atoms with van der Waals surface area (Å²) in [5, 5.41) is 4.13. The molecule has 0 aliphatic carbocycles. The second-order valence-corrected chi connectivity index (χ2v) is 6.39. The molecule has 5 heteroatoms. The monoisotopic (exact) mass is 310 g/mol. The summed E-state index contributed by atoms with van der Waals surface area (Å²) in [4.78, 5) is 5.78. The minimum atomic E-state index is -0.832. The lowest BCUT2D eigenvalue weighted by Crippen LogP contribution is -2.21. The van der Waals surface area contributed by atoms with Gasteiger partial charge in [0.1, 0.15) is 5.01 Å². The van der Waals surface area contributed by atoms with Crippen molar-refractivity contribution in [3.05, 3.63) is 40.4 Å². The van der Waals surface area contributed by atoms with Gasteiger partial charge in [0, 0.05) is 23.0 Å². The molecule has 2 nitrogen and oxygen atoms in total. The number of rotatable bonds is 6. The Balaban J connectivity index is 2.31. The van der Waals surface area contributed by atoms with Crippen molar-refractivity contribution < 1.29 is 8.78 Å². The van der Waals surface area contributed by atoms with Crippen LogP contribution in [0.4, 0.5) is 8.78 Å². The van der Waals surface area contributed by atoms with Crippen LogP contribution in [0.3, 0.4) is 0 Å². The summed E-state index contributed by atoms with van der Waals surface area (Å²) in [6.45, 7) is 7.05. The third-order valence-corrected chi connectivity index (χ3v) is 4.25. The van der Waals surface area contributed by atoms with Crippen LogP contribution in [-0.2, 0) is 13.0 Å². The second kappa shape index (κ2) is 7.09. The van der Waals surface area contributed by atoms with E-state index >= 15 is 0 Å². The van der Waals surface area contributed by atoms with Crippen LogP contribution >= 0.6 is 11.3 Å². The van der Waals surface area contributed by atoms with Crippen molar-refractivity contribution in [2.45, 2.75) is 46.2 Å². The normalized spacial score (nSPS) is 11.3. The van der Waals surface area contributed by atoms with Gasteiger partial charge in [0.15, 0.2) is 11.6 Å². The van der Waals surface area contributed by atoms with Crippen molar-refractivity contribution >= 4 is 11.3 Å². The predicted molar refractivity (Wildman–Crippen MR) is 83.4 cm³/mol. The Labute approximate surface area is 128 Å². The largest absolute Gasteiger partial charge is 0.310 e. The SMILES string of the molecule is CCCc1nc(-c2ccc(F)c(F)c2)sc1CNC(C)C. The zero-order valence-corrected chi connectivity index (χ0v) is 13.4. The van der Waals surface area contributed by atoms with E-state index < -0.39 is 11.6 Å². The first kappa shape index (κ1) is 16.0. The van der Waals surface area contributed by atoms with Gasteiger partial charge in [-0.1, -0.05) is 27.2 Å². The summed E-state index contributed by atoms with van der Waals surface area (Å²) in [6.07, 6.45) is 1.91. The van der Waals surface area contributed by atoms with E-state index in [2.05, 4.69) is 31.1 Å². The van der Waals surface area contributed by atoms with Crippen LogP contribution in [0.25, 0.3) is 10.6 Å². The van der Waals surface area contributed by atoms with E-state index in [0.717, 1.165) is 36.2 Å². The van der Waals surface area contributed by atoms with E-state index in [-0.39, 0.29) is 0 Å². The van der Waals surface area contributed by atoms with Crippen molar-refractivity contribution in [1.29, 1.82) is 0 Å². The Morgan fingerprint density at radius 1 is 1.24 bits per heavy atom. The first-order chi connectivity index (χ1) is 10.0. The van der Waals surface area contributed by atoms with Crippen LogP contribution in [0.15, 0.2) is 18.2 Å². The molecule has 1 aromatic carbocycles. The quantitative estimate of drug-likeness (QED) is 0.847. The summed E-state index contributed by atoms with van der Waals surface area (Å²) in [5.74, 6) is -1.66. The van der Waals surface area contributed by atoms with E-state index in [1.807, 2.05) is 0 Å². The van der Waals surface area contributed by atoms with Crippen molar-refractivity contribution in [3.8, 4) is 10.6 Å². The Hall–Kier alpha value is -1.33. The highest BCUT2D eigenvalue weighted by Crippen LogP contribution is 2.30. The fourth-order valence-corrected chi connectivity index (χ4v) is 3.06. The summed E-state index contributed by atoms with van der Waals surface area (Å²) < 4.78 is 26.4. The van der Waals surface area contributed by atoms with Gasteiger partial charge >= 0.3 is 0 Å². The van der Waals surface area contributed by atoms with Crippen molar-refractivity contribution in [2.24, 2.45) is 0 Å². The molecule has 1 aromatic heterocycles. The van der Waals surface area contributed by atoms with Crippen LogP contribution in [0.2, 0.25) is 0 Å². The van der Waals surface area contributed by atoms with Gasteiger partial charge in [-0.3, -0.25) is 0 Å². The number of aromatic nitrogens is 1. The van der Waals surface area contributed by atoms with E-state index in [9.17, 15) is 8.78 Å². The summed E-state index contributed by atoms with van der Waals surface area (Å²) >= 11 is 1.55. The average molecular weight is 310 g/mol. The van der Waals surface area contributed by atoms with Gasteiger partial charge < -0.3 is 5.32 Å². The van der Waals surface area contributed by atoms with Gasteiger partial charge in [0.2, 0.25) is 0 Å². The number of benzene rings is 1. The highest BCUT2D eigenvalue weighted by atomic mass is 32.1. The molecule has 0 fully saturated rings. The van der Waals surface area contributed by atoms with E-state index in [1.54, 1.807) is 17.4 Å². The lowest BCUT2D eigenvalue weighted by Gasteiger charge is -2.07. The molecule has 0 saturated heterocycles. The fourth-order valence-electron chi connectivity index (χ4n) is 2.00. The third kappa shape index (κ3) is 4.08. The molecule has 0 amide bonds. The van der Waals surface area contributed by atoms with Gasteiger partial charge in [-0.15, -0.1) is 11.3 Å². The molecule has 114 valence electrons. The molecule has 1 heterocycles. The van der Waals surface area contributed by atoms with Crippen molar-refractivity contribution in [1.82, 2.24) is 10.3 Å². The lowest BCUT2D eigenvalue weighted by atomic mass is 10.2. The molecule has 0 radical (unpaired) electrons. The second-order valence-electron chi connectivity index (χ2n) is 5.30. The van der Waals surface area contributed by atoms with Gasteiger partial charge in [-0.25, -0.2) is 13.8 Å². The van der Waals surface area contributed by atoms with Crippen LogP contribution in [-0.4, -0.2) is 11.0 Å². The number of hydrogen-bond donors (Lipinski definition) is 1. The molecule has 0 aliphatic heterocycles. The first-order valence-corrected chi connectivity index (χ1v) is 8.00. The van der Waals surface area contributed by atoms with Crippen LogP contribution in [0.5, 0.6) is 0 Å². The Kier molecular flexibility index (Phi) is 5.42. The Morgan fingerprint density at radius 2 is 2.00 bits per heavy atom. The van der Waals surface area contributed by atoms with Gasteiger partial charge in [0.05, 0.1) is 5.69 Å². The van der Waals surface area contributed by atoms with Crippen LogP contribution in [0.1, 0.15) is 37.8 Å². The summed E-state index contributed by atoms with van der Waals surface area (Å²) in [7, 11) is 0. The molecular weight excluding hydrogens is 290 g/mol. The zero-order chi connectivity index (χ0) is 15.4. The lowest BCUT2D eigenvalue weighted by molar-refractivity contribution is 0.509. The van der Waals surface area contributed by atoms with Crippen LogP contribution < -0.4 is 5.32 Å². The van der Waals surface area contributed by atoms with E-state index in [0.29, 0.717) is 11.6 Å².